The second-order valence-electron chi connectivity index (χ2n) is 7.87. The number of carbonyl (C=O) groups excluding carboxylic acids is 3. The summed E-state index contributed by atoms with van der Waals surface area (Å²) >= 11 is 1.10. The first-order valence-corrected chi connectivity index (χ1v) is 11.3. The van der Waals surface area contributed by atoms with Crippen LogP contribution in [0.5, 0.6) is 0 Å². The van der Waals surface area contributed by atoms with Crippen molar-refractivity contribution in [2.45, 2.75) is 37.4 Å². The van der Waals surface area contributed by atoms with Crippen LogP contribution in [-0.4, -0.2) is 54.4 Å². The average Bonchev–Trinajstić information content (AvgIpc) is 3.36. The van der Waals surface area contributed by atoms with Crippen LogP contribution in [0.25, 0.3) is 5.69 Å². The summed E-state index contributed by atoms with van der Waals surface area (Å²) in [6.07, 6.45) is 1.02. The highest BCUT2D eigenvalue weighted by atomic mass is 32.2. The fourth-order valence-corrected chi connectivity index (χ4v) is 4.18. The summed E-state index contributed by atoms with van der Waals surface area (Å²) in [5.41, 5.74) is 4.14. The summed E-state index contributed by atoms with van der Waals surface area (Å²) in [6, 6.07) is 16.6. The molecule has 2 aromatic carbocycles. The molecule has 33 heavy (non-hydrogen) atoms. The Balaban J connectivity index is 1.35. The van der Waals surface area contributed by atoms with E-state index in [1.165, 1.54) is 0 Å². The molecular formula is C22H23N7O3S. The number of para-hydroxylation sites is 1. The molecule has 10 nitrogen and oxygen atoms in total. The molecule has 4 rings (SSSR count). The van der Waals surface area contributed by atoms with E-state index in [4.69, 9.17) is 0 Å². The normalized spacial score (nSPS) is 17.8. The lowest BCUT2D eigenvalue weighted by atomic mass is 9.93. The first-order valence-electron chi connectivity index (χ1n) is 10.3. The van der Waals surface area contributed by atoms with Gasteiger partial charge in [0, 0.05) is 0 Å². The molecule has 3 aromatic rings. The Hall–Kier alpha value is -3.73. The highest BCUT2D eigenvalue weighted by Crippen LogP contribution is 2.23. The Kier molecular flexibility index (Phi) is 6.40. The fraction of sp³-hybridized carbons (Fsp3) is 0.273. The third-order valence-electron chi connectivity index (χ3n) is 5.37. The van der Waals surface area contributed by atoms with Gasteiger partial charge in [-0.1, -0.05) is 60.3 Å². The molecule has 1 saturated heterocycles. The third kappa shape index (κ3) is 4.87. The Morgan fingerprint density at radius 3 is 2.61 bits per heavy atom. The van der Waals surface area contributed by atoms with Crippen LogP contribution < -0.4 is 10.7 Å². The molecule has 1 atom stereocenters. The number of aromatic nitrogens is 4. The fourth-order valence-electron chi connectivity index (χ4n) is 3.50. The van der Waals surface area contributed by atoms with Crippen molar-refractivity contribution in [2.24, 2.45) is 0 Å². The van der Waals surface area contributed by atoms with E-state index >= 15 is 0 Å². The van der Waals surface area contributed by atoms with E-state index < -0.39 is 23.4 Å². The lowest BCUT2D eigenvalue weighted by Crippen LogP contribution is -2.49. The number of tetrazole rings is 1. The summed E-state index contributed by atoms with van der Waals surface area (Å²) in [4.78, 5) is 37.8. The van der Waals surface area contributed by atoms with Gasteiger partial charge in [0.15, 0.2) is 0 Å². The number of hydrogen-bond acceptors (Lipinski definition) is 7. The predicted molar refractivity (Wildman–Crippen MR) is 121 cm³/mol. The van der Waals surface area contributed by atoms with E-state index in [0.29, 0.717) is 18.0 Å². The van der Waals surface area contributed by atoms with E-state index in [2.05, 4.69) is 26.3 Å². The Morgan fingerprint density at radius 1 is 1.12 bits per heavy atom. The van der Waals surface area contributed by atoms with Crippen molar-refractivity contribution >= 4 is 29.6 Å². The van der Waals surface area contributed by atoms with Crippen molar-refractivity contribution < 1.29 is 14.4 Å². The van der Waals surface area contributed by atoms with Gasteiger partial charge in [-0.3, -0.25) is 15.0 Å². The maximum atomic E-state index is 12.9. The highest BCUT2D eigenvalue weighted by molar-refractivity contribution is 7.99. The van der Waals surface area contributed by atoms with Gasteiger partial charge in [-0.05, 0) is 54.3 Å². The number of nitrogens with zero attached hydrogens (tertiary/aromatic N) is 5. The molecule has 2 heterocycles. The second-order valence-corrected chi connectivity index (χ2v) is 8.81. The van der Waals surface area contributed by atoms with E-state index in [-0.39, 0.29) is 5.75 Å². The van der Waals surface area contributed by atoms with Gasteiger partial charge < -0.3 is 5.32 Å². The number of thioether (sulfide) groups is 1. The quantitative estimate of drug-likeness (QED) is 0.386. The van der Waals surface area contributed by atoms with Crippen LogP contribution in [0.2, 0.25) is 0 Å². The molecule has 1 aromatic heterocycles. The number of carbonyl (C=O) groups is 3. The summed E-state index contributed by atoms with van der Waals surface area (Å²) in [7, 11) is 0. The number of amides is 4. The van der Waals surface area contributed by atoms with Crippen molar-refractivity contribution in [1.82, 2.24) is 36.0 Å². The van der Waals surface area contributed by atoms with Crippen molar-refractivity contribution in [3.63, 3.8) is 0 Å². The lowest BCUT2D eigenvalue weighted by molar-refractivity contribution is -0.138. The average molecular weight is 466 g/mol. The highest BCUT2D eigenvalue weighted by Gasteiger charge is 2.48. The van der Waals surface area contributed by atoms with Crippen LogP contribution in [0.4, 0.5) is 4.79 Å². The van der Waals surface area contributed by atoms with Crippen molar-refractivity contribution in [1.29, 1.82) is 0 Å². The lowest BCUT2D eigenvalue weighted by Gasteiger charge is -2.21. The zero-order valence-corrected chi connectivity index (χ0v) is 19.0. The minimum atomic E-state index is -1.09. The van der Waals surface area contributed by atoms with Crippen LogP contribution in [0.1, 0.15) is 24.5 Å². The molecule has 0 bridgehead atoms. The number of rotatable bonds is 8. The van der Waals surface area contributed by atoms with E-state index in [0.717, 1.165) is 33.6 Å². The zero-order chi connectivity index (χ0) is 23.4. The first-order chi connectivity index (χ1) is 15.9. The first kappa shape index (κ1) is 22.5. The summed E-state index contributed by atoms with van der Waals surface area (Å²) < 4.78 is 1.54. The number of hydrogen-bond donors (Lipinski definition) is 2. The molecule has 1 aliphatic rings. The molecular weight excluding hydrogens is 442 g/mol. The number of urea groups is 1. The van der Waals surface area contributed by atoms with Crippen LogP contribution in [0.15, 0.2) is 59.8 Å². The zero-order valence-electron chi connectivity index (χ0n) is 18.2. The van der Waals surface area contributed by atoms with Gasteiger partial charge >= 0.3 is 6.03 Å². The third-order valence-corrected chi connectivity index (χ3v) is 6.29. The monoisotopic (exact) mass is 465 g/mol. The largest absolute Gasteiger partial charge is 0.344 e. The molecule has 1 fully saturated rings. The Labute approximate surface area is 194 Å². The molecule has 2 N–H and O–H groups in total. The molecule has 0 aliphatic carbocycles. The maximum absolute atomic E-state index is 12.9. The maximum Gasteiger partial charge on any atom is 0.344 e. The molecule has 1 aliphatic heterocycles. The Morgan fingerprint density at radius 2 is 1.85 bits per heavy atom. The number of benzene rings is 2. The van der Waals surface area contributed by atoms with Crippen LogP contribution in [-0.2, 0) is 16.0 Å². The van der Waals surface area contributed by atoms with Gasteiger partial charge in [0.25, 0.3) is 5.91 Å². The van der Waals surface area contributed by atoms with Crippen molar-refractivity contribution in [3.8, 4) is 5.69 Å². The summed E-state index contributed by atoms with van der Waals surface area (Å²) in [5.74, 6) is -1.09. The van der Waals surface area contributed by atoms with Gasteiger partial charge in [-0.2, -0.15) is 9.69 Å². The van der Waals surface area contributed by atoms with Gasteiger partial charge in [0.05, 0.1) is 11.4 Å². The number of aryl methyl sites for hydroxylation is 2. The SMILES string of the molecule is Cc1ccccc1-n1nnnc1SCC(=O)NN1C(=O)N[C@](C)(CCc2ccccc2)C1=O. The molecule has 170 valence electrons. The predicted octanol–water partition coefficient (Wildman–Crippen LogP) is 2.04. The molecule has 11 heteroatoms. The van der Waals surface area contributed by atoms with E-state index in [1.807, 2.05) is 61.5 Å². The molecule has 4 amide bonds. The van der Waals surface area contributed by atoms with Crippen molar-refractivity contribution in [2.75, 3.05) is 5.75 Å². The number of imide groups is 1. The molecule has 0 unspecified atom stereocenters. The molecule has 0 saturated carbocycles. The van der Waals surface area contributed by atoms with E-state index in [9.17, 15) is 14.4 Å². The van der Waals surface area contributed by atoms with Crippen molar-refractivity contribution in [3.05, 3.63) is 65.7 Å². The minimum absolute atomic E-state index is 0.0793. The van der Waals surface area contributed by atoms with Gasteiger partial charge in [-0.25, -0.2) is 4.79 Å². The second kappa shape index (κ2) is 9.41. The van der Waals surface area contributed by atoms with Crippen LogP contribution in [0.3, 0.4) is 0 Å². The number of nitrogens with one attached hydrogen (secondary N) is 2. The van der Waals surface area contributed by atoms with Crippen LogP contribution in [0, 0.1) is 6.92 Å². The standard InChI is InChI=1S/C22H23N7O3S/c1-15-8-6-7-11-17(15)28-21(24-26-27-28)33-14-18(30)25-29-19(31)22(2,23-20(29)32)13-12-16-9-4-3-5-10-16/h3-11H,12-14H2,1-2H3,(H,23,32)(H,25,30)/t22-/m1/s1. The van der Waals surface area contributed by atoms with Gasteiger partial charge in [-0.15, -0.1) is 5.10 Å². The Bertz CT molecular complexity index is 1180. The molecule has 0 spiro atoms. The smallest absolute Gasteiger partial charge is 0.322 e. The van der Waals surface area contributed by atoms with Gasteiger partial charge in [0.1, 0.15) is 5.54 Å². The summed E-state index contributed by atoms with van der Waals surface area (Å²) in [5, 5.41) is 15.5. The summed E-state index contributed by atoms with van der Waals surface area (Å²) in [6.45, 7) is 3.60. The molecule has 0 radical (unpaired) electrons. The number of hydrazine groups is 1. The van der Waals surface area contributed by atoms with Crippen LogP contribution >= 0.6 is 11.8 Å². The topological polar surface area (TPSA) is 122 Å². The van der Waals surface area contributed by atoms with Gasteiger partial charge in [0.2, 0.25) is 11.1 Å². The minimum Gasteiger partial charge on any atom is -0.322 e. The van der Waals surface area contributed by atoms with E-state index in [1.54, 1.807) is 11.6 Å².